The lowest BCUT2D eigenvalue weighted by molar-refractivity contribution is -0.143. The fourth-order valence-electron chi connectivity index (χ4n) is 1.86. The van der Waals surface area contributed by atoms with Crippen LogP contribution in [0.2, 0.25) is 0 Å². The average Bonchev–Trinajstić information content (AvgIpc) is 2.32. The maximum absolute atomic E-state index is 13.8. The second-order valence-electron chi connectivity index (χ2n) is 4.14. The molecule has 0 aliphatic carbocycles. The summed E-state index contributed by atoms with van der Waals surface area (Å²) < 4.78 is 18.7. The Morgan fingerprint density at radius 1 is 1.44 bits per heavy atom. The number of esters is 1. The van der Waals surface area contributed by atoms with Crippen molar-refractivity contribution < 1.29 is 13.9 Å². The highest BCUT2D eigenvalue weighted by Gasteiger charge is 2.19. The monoisotopic (exact) mass is 253 g/mol. The molecular formula is C14H20FNO2. The molecule has 0 aliphatic heterocycles. The Labute approximate surface area is 107 Å². The standard InChI is InChI=1S/C14H20FNO2/c1-4-16-13(9-14(17)18-5-2)11-8-10(3)6-7-12(11)15/h6-8,13,16H,4-5,9H2,1-3H3. The molecule has 0 fully saturated rings. The van der Waals surface area contributed by atoms with E-state index in [1.807, 2.05) is 13.8 Å². The van der Waals surface area contributed by atoms with Crippen molar-refractivity contribution >= 4 is 5.97 Å². The first-order chi connectivity index (χ1) is 8.58. The highest BCUT2D eigenvalue weighted by atomic mass is 19.1. The van der Waals surface area contributed by atoms with Gasteiger partial charge in [-0.3, -0.25) is 4.79 Å². The molecular weight excluding hydrogens is 233 g/mol. The Kier molecular flexibility index (Phi) is 5.78. The van der Waals surface area contributed by atoms with Gasteiger partial charge in [0, 0.05) is 11.6 Å². The molecule has 0 amide bonds. The van der Waals surface area contributed by atoms with E-state index in [0.717, 1.165) is 5.56 Å². The largest absolute Gasteiger partial charge is 0.466 e. The van der Waals surface area contributed by atoms with E-state index in [4.69, 9.17) is 4.74 Å². The Morgan fingerprint density at radius 2 is 2.17 bits per heavy atom. The van der Waals surface area contributed by atoms with Crippen LogP contribution in [0.25, 0.3) is 0 Å². The first-order valence-electron chi connectivity index (χ1n) is 6.23. The van der Waals surface area contributed by atoms with Crippen molar-refractivity contribution in [1.82, 2.24) is 5.32 Å². The van der Waals surface area contributed by atoms with Crippen LogP contribution in [0.4, 0.5) is 4.39 Å². The molecule has 1 unspecified atom stereocenters. The Hall–Kier alpha value is -1.42. The van der Waals surface area contributed by atoms with E-state index in [0.29, 0.717) is 18.7 Å². The van der Waals surface area contributed by atoms with Crippen molar-refractivity contribution in [3.63, 3.8) is 0 Å². The molecule has 0 spiro atoms. The van der Waals surface area contributed by atoms with Gasteiger partial charge in [0.05, 0.1) is 13.0 Å². The Bertz CT molecular complexity index is 407. The van der Waals surface area contributed by atoms with Crippen molar-refractivity contribution in [2.24, 2.45) is 0 Å². The van der Waals surface area contributed by atoms with Gasteiger partial charge in [-0.05, 0) is 26.5 Å². The van der Waals surface area contributed by atoms with Crippen molar-refractivity contribution in [2.75, 3.05) is 13.2 Å². The fraction of sp³-hybridized carbons (Fsp3) is 0.500. The maximum atomic E-state index is 13.8. The van der Waals surface area contributed by atoms with Crippen LogP contribution in [0.3, 0.4) is 0 Å². The molecule has 1 rings (SSSR count). The van der Waals surface area contributed by atoms with Gasteiger partial charge in [0.25, 0.3) is 0 Å². The summed E-state index contributed by atoms with van der Waals surface area (Å²) in [6.45, 7) is 6.58. The lowest BCUT2D eigenvalue weighted by Gasteiger charge is -2.18. The van der Waals surface area contributed by atoms with E-state index in [1.54, 1.807) is 19.1 Å². The second kappa shape index (κ2) is 7.11. The number of aryl methyl sites for hydroxylation is 1. The quantitative estimate of drug-likeness (QED) is 0.792. The normalized spacial score (nSPS) is 12.2. The molecule has 0 aliphatic rings. The number of nitrogens with one attached hydrogen (secondary N) is 1. The first kappa shape index (κ1) is 14.6. The van der Waals surface area contributed by atoms with Crippen molar-refractivity contribution in [3.05, 3.63) is 35.1 Å². The van der Waals surface area contributed by atoms with Gasteiger partial charge in [0.15, 0.2) is 0 Å². The number of benzene rings is 1. The summed E-state index contributed by atoms with van der Waals surface area (Å²) in [5.74, 6) is -0.611. The van der Waals surface area contributed by atoms with Crippen LogP contribution in [-0.4, -0.2) is 19.1 Å². The molecule has 0 heterocycles. The zero-order chi connectivity index (χ0) is 13.5. The van der Waals surface area contributed by atoms with Crippen molar-refractivity contribution in [1.29, 1.82) is 0 Å². The molecule has 0 saturated heterocycles. The van der Waals surface area contributed by atoms with Gasteiger partial charge in [0.1, 0.15) is 5.82 Å². The second-order valence-corrected chi connectivity index (χ2v) is 4.14. The molecule has 1 N–H and O–H groups in total. The Morgan fingerprint density at radius 3 is 2.78 bits per heavy atom. The number of carbonyl (C=O) groups is 1. The predicted octanol–water partition coefficient (Wildman–Crippen LogP) is 2.74. The lowest BCUT2D eigenvalue weighted by atomic mass is 10.0. The summed E-state index contributed by atoms with van der Waals surface area (Å²) in [6, 6.07) is 4.57. The van der Waals surface area contributed by atoms with E-state index in [1.165, 1.54) is 6.07 Å². The smallest absolute Gasteiger partial charge is 0.307 e. The number of hydrogen-bond acceptors (Lipinski definition) is 3. The zero-order valence-corrected chi connectivity index (χ0v) is 11.1. The summed E-state index contributed by atoms with van der Waals surface area (Å²) in [5, 5.41) is 3.12. The van der Waals surface area contributed by atoms with E-state index in [9.17, 15) is 9.18 Å². The van der Waals surface area contributed by atoms with E-state index < -0.39 is 0 Å². The van der Waals surface area contributed by atoms with Gasteiger partial charge in [0.2, 0.25) is 0 Å². The molecule has 1 atom stereocenters. The van der Waals surface area contributed by atoms with Crippen LogP contribution in [0.1, 0.15) is 37.4 Å². The first-order valence-corrected chi connectivity index (χ1v) is 6.23. The van der Waals surface area contributed by atoms with Gasteiger partial charge in [-0.15, -0.1) is 0 Å². The highest BCUT2D eigenvalue weighted by Crippen LogP contribution is 2.22. The fourth-order valence-corrected chi connectivity index (χ4v) is 1.86. The third kappa shape index (κ3) is 4.11. The molecule has 0 bridgehead atoms. The molecule has 1 aromatic rings. The highest BCUT2D eigenvalue weighted by molar-refractivity contribution is 5.70. The van der Waals surface area contributed by atoms with Crippen LogP contribution in [0.15, 0.2) is 18.2 Å². The minimum Gasteiger partial charge on any atom is -0.466 e. The SMILES string of the molecule is CCNC(CC(=O)OCC)c1cc(C)ccc1F. The van der Waals surface area contributed by atoms with Gasteiger partial charge in [-0.2, -0.15) is 0 Å². The number of carbonyl (C=O) groups excluding carboxylic acids is 1. The van der Waals surface area contributed by atoms with Crippen LogP contribution in [0.5, 0.6) is 0 Å². The number of rotatable bonds is 6. The topological polar surface area (TPSA) is 38.3 Å². The van der Waals surface area contributed by atoms with Crippen LogP contribution < -0.4 is 5.32 Å². The predicted molar refractivity (Wildman–Crippen MR) is 68.8 cm³/mol. The van der Waals surface area contributed by atoms with Crippen LogP contribution >= 0.6 is 0 Å². The van der Waals surface area contributed by atoms with Crippen molar-refractivity contribution in [2.45, 2.75) is 33.2 Å². The average molecular weight is 253 g/mol. The molecule has 3 nitrogen and oxygen atoms in total. The molecule has 4 heteroatoms. The van der Waals surface area contributed by atoms with E-state index in [-0.39, 0.29) is 24.2 Å². The summed E-state index contributed by atoms with van der Waals surface area (Å²) >= 11 is 0. The van der Waals surface area contributed by atoms with E-state index >= 15 is 0 Å². The third-order valence-corrected chi connectivity index (χ3v) is 2.65. The van der Waals surface area contributed by atoms with Gasteiger partial charge >= 0.3 is 5.97 Å². The molecule has 0 aromatic heterocycles. The van der Waals surface area contributed by atoms with Crippen LogP contribution in [-0.2, 0) is 9.53 Å². The Balaban J connectivity index is 2.89. The van der Waals surface area contributed by atoms with E-state index in [2.05, 4.69) is 5.32 Å². The maximum Gasteiger partial charge on any atom is 0.307 e. The minimum absolute atomic E-state index is 0.141. The number of halogens is 1. The molecule has 1 aromatic carbocycles. The molecule has 100 valence electrons. The van der Waals surface area contributed by atoms with Crippen molar-refractivity contribution in [3.8, 4) is 0 Å². The summed E-state index contributed by atoms with van der Waals surface area (Å²) in [5.41, 5.74) is 1.49. The molecule has 0 saturated carbocycles. The zero-order valence-electron chi connectivity index (χ0n) is 11.1. The number of ether oxygens (including phenoxy) is 1. The van der Waals surface area contributed by atoms with Crippen LogP contribution in [0, 0.1) is 12.7 Å². The third-order valence-electron chi connectivity index (χ3n) is 2.65. The lowest BCUT2D eigenvalue weighted by Crippen LogP contribution is -2.25. The summed E-state index contributed by atoms with van der Waals surface area (Å²) in [6.07, 6.45) is 0.141. The van der Waals surface area contributed by atoms with Gasteiger partial charge in [-0.25, -0.2) is 4.39 Å². The molecule has 18 heavy (non-hydrogen) atoms. The summed E-state index contributed by atoms with van der Waals surface area (Å²) in [4.78, 5) is 11.5. The number of hydrogen-bond donors (Lipinski definition) is 1. The minimum atomic E-state index is -0.339. The summed E-state index contributed by atoms with van der Waals surface area (Å²) in [7, 11) is 0. The molecule has 0 radical (unpaired) electrons. The van der Waals surface area contributed by atoms with Gasteiger partial charge < -0.3 is 10.1 Å². The van der Waals surface area contributed by atoms with Gasteiger partial charge in [-0.1, -0.05) is 24.6 Å².